The van der Waals surface area contributed by atoms with Crippen LogP contribution in [0, 0.1) is 5.95 Å². The average molecular weight is 217 g/mol. The van der Waals surface area contributed by atoms with Crippen LogP contribution >= 0.6 is 0 Å². The van der Waals surface area contributed by atoms with Gasteiger partial charge in [0.15, 0.2) is 5.65 Å². The Hall–Kier alpha value is -1.45. The van der Waals surface area contributed by atoms with E-state index in [4.69, 9.17) is 0 Å². The van der Waals surface area contributed by atoms with Crippen molar-refractivity contribution in [2.75, 3.05) is 0 Å². The van der Waals surface area contributed by atoms with E-state index in [1.807, 2.05) is 6.20 Å². The smallest absolute Gasteiger partial charge is 0.235 e. The zero-order valence-electron chi connectivity index (χ0n) is 9.07. The number of nitrogens with zero attached hydrogens (tertiary/aromatic N) is 3. The summed E-state index contributed by atoms with van der Waals surface area (Å²) >= 11 is 0. The van der Waals surface area contributed by atoms with Gasteiger partial charge in [-0.25, -0.2) is 9.50 Å². The highest BCUT2D eigenvalue weighted by Gasteiger charge is 2.53. The molecule has 2 heterocycles. The molecule has 1 unspecified atom stereocenters. The topological polar surface area (TPSA) is 30.2 Å². The Morgan fingerprint density at radius 3 is 3.06 bits per heavy atom. The van der Waals surface area contributed by atoms with Gasteiger partial charge in [0, 0.05) is 17.7 Å². The lowest BCUT2D eigenvalue weighted by molar-refractivity contribution is 0.553. The molecule has 2 aliphatic rings. The van der Waals surface area contributed by atoms with Crippen molar-refractivity contribution in [1.82, 2.24) is 14.6 Å². The zero-order chi connectivity index (χ0) is 10.9. The Kier molecular flexibility index (Phi) is 1.32. The minimum Gasteiger partial charge on any atom is -0.237 e. The molecule has 1 atom stereocenters. The van der Waals surface area contributed by atoms with E-state index < -0.39 is 5.95 Å². The van der Waals surface area contributed by atoms with Gasteiger partial charge in [-0.1, -0.05) is 6.92 Å². The molecule has 82 valence electrons. The highest BCUT2D eigenvalue weighted by molar-refractivity contribution is 5.48. The van der Waals surface area contributed by atoms with E-state index >= 15 is 0 Å². The van der Waals surface area contributed by atoms with E-state index in [1.165, 1.54) is 36.6 Å². The molecule has 0 saturated heterocycles. The normalized spacial score (nSPS) is 25.2. The summed E-state index contributed by atoms with van der Waals surface area (Å²) in [5.74, 6) is 0.0953. The zero-order valence-corrected chi connectivity index (χ0v) is 9.07. The Bertz CT molecular complexity index is 598. The lowest BCUT2D eigenvalue weighted by Crippen LogP contribution is -2.09. The SMILES string of the molecule is CC1CC2(CC2)c2c1cnc1cc(F)nn21. The predicted molar refractivity (Wildman–Crippen MR) is 56.9 cm³/mol. The van der Waals surface area contributed by atoms with Crippen LogP contribution in [0.3, 0.4) is 0 Å². The van der Waals surface area contributed by atoms with Crippen molar-refractivity contribution in [3.63, 3.8) is 0 Å². The fourth-order valence-corrected chi connectivity index (χ4v) is 3.19. The summed E-state index contributed by atoms with van der Waals surface area (Å²) < 4.78 is 14.9. The molecule has 4 rings (SSSR count). The summed E-state index contributed by atoms with van der Waals surface area (Å²) in [5, 5.41) is 3.94. The van der Waals surface area contributed by atoms with Crippen molar-refractivity contribution < 1.29 is 4.39 Å². The molecule has 2 aromatic rings. The van der Waals surface area contributed by atoms with Crippen LogP contribution in [0.4, 0.5) is 4.39 Å². The molecular weight excluding hydrogens is 205 g/mol. The van der Waals surface area contributed by atoms with Gasteiger partial charge in [0.25, 0.3) is 0 Å². The first-order valence-corrected chi connectivity index (χ1v) is 5.74. The van der Waals surface area contributed by atoms with Crippen LogP contribution in [-0.4, -0.2) is 14.6 Å². The molecule has 0 bridgehead atoms. The van der Waals surface area contributed by atoms with Crippen LogP contribution in [0.25, 0.3) is 5.65 Å². The van der Waals surface area contributed by atoms with Gasteiger partial charge in [0.05, 0.1) is 5.69 Å². The molecule has 16 heavy (non-hydrogen) atoms. The molecule has 2 aliphatic carbocycles. The summed E-state index contributed by atoms with van der Waals surface area (Å²) in [6.45, 7) is 2.22. The van der Waals surface area contributed by atoms with E-state index in [9.17, 15) is 4.39 Å². The molecule has 0 radical (unpaired) electrons. The molecule has 0 amide bonds. The molecule has 3 nitrogen and oxygen atoms in total. The van der Waals surface area contributed by atoms with E-state index in [0.29, 0.717) is 11.6 Å². The van der Waals surface area contributed by atoms with Crippen molar-refractivity contribution in [3.05, 3.63) is 29.5 Å². The number of halogens is 1. The highest BCUT2D eigenvalue weighted by Crippen LogP contribution is 2.60. The van der Waals surface area contributed by atoms with Gasteiger partial charge >= 0.3 is 0 Å². The van der Waals surface area contributed by atoms with Crippen molar-refractivity contribution in [1.29, 1.82) is 0 Å². The third-order valence-electron chi connectivity index (χ3n) is 4.07. The van der Waals surface area contributed by atoms with E-state index in [1.54, 1.807) is 4.52 Å². The molecule has 1 saturated carbocycles. The van der Waals surface area contributed by atoms with E-state index in [2.05, 4.69) is 17.0 Å². The second-order valence-corrected chi connectivity index (χ2v) is 5.18. The third kappa shape index (κ3) is 0.883. The van der Waals surface area contributed by atoms with Crippen molar-refractivity contribution in [2.24, 2.45) is 0 Å². The molecule has 4 heteroatoms. The van der Waals surface area contributed by atoms with Crippen molar-refractivity contribution in [2.45, 2.75) is 37.5 Å². The van der Waals surface area contributed by atoms with Gasteiger partial charge < -0.3 is 0 Å². The number of fused-ring (bicyclic) bond motifs is 4. The second kappa shape index (κ2) is 2.44. The van der Waals surface area contributed by atoms with Crippen LogP contribution in [-0.2, 0) is 5.41 Å². The fraction of sp³-hybridized carbons (Fsp3) is 0.500. The lowest BCUT2D eigenvalue weighted by Gasteiger charge is -2.09. The summed E-state index contributed by atoms with van der Waals surface area (Å²) in [6.07, 6.45) is 5.50. The van der Waals surface area contributed by atoms with Crippen LogP contribution in [0.15, 0.2) is 12.3 Å². The highest BCUT2D eigenvalue weighted by atomic mass is 19.1. The van der Waals surface area contributed by atoms with E-state index in [-0.39, 0.29) is 5.41 Å². The van der Waals surface area contributed by atoms with E-state index in [0.717, 1.165) is 0 Å². The minimum absolute atomic E-state index is 0.286. The summed E-state index contributed by atoms with van der Waals surface area (Å²) in [7, 11) is 0. The molecule has 2 aromatic heterocycles. The van der Waals surface area contributed by atoms with Gasteiger partial charge in [-0.2, -0.15) is 4.39 Å². The van der Waals surface area contributed by atoms with Crippen molar-refractivity contribution >= 4 is 5.65 Å². The Balaban J connectivity index is 2.12. The monoisotopic (exact) mass is 217 g/mol. The van der Waals surface area contributed by atoms with Gasteiger partial charge in [0.2, 0.25) is 5.95 Å². The molecule has 1 spiro atoms. The van der Waals surface area contributed by atoms with Crippen LogP contribution in [0.2, 0.25) is 0 Å². The molecule has 1 fully saturated rings. The number of hydrogen-bond acceptors (Lipinski definition) is 2. The standard InChI is InChI=1S/C12H12FN3/c1-7-5-12(2-3-12)11-8(7)6-14-10-4-9(13)15-16(10)11/h4,6-7H,2-3,5H2,1H3. The quantitative estimate of drug-likeness (QED) is 0.678. The Morgan fingerprint density at radius 2 is 2.31 bits per heavy atom. The van der Waals surface area contributed by atoms with Crippen LogP contribution in [0.1, 0.15) is 43.4 Å². The molecule has 0 N–H and O–H groups in total. The number of hydrogen-bond donors (Lipinski definition) is 0. The van der Waals surface area contributed by atoms with Crippen molar-refractivity contribution in [3.8, 4) is 0 Å². The van der Waals surface area contributed by atoms with Gasteiger partial charge in [-0.05, 0) is 30.7 Å². The molecular formula is C12H12FN3. The Morgan fingerprint density at radius 1 is 1.50 bits per heavy atom. The second-order valence-electron chi connectivity index (χ2n) is 5.18. The summed E-state index contributed by atoms with van der Waals surface area (Å²) in [6, 6.07) is 1.40. The summed E-state index contributed by atoms with van der Waals surface area (Å²) in [4.78, 5) is 4.28. The van der Waals surface area contributed by atoms with Gasteiger partial charge in [0.1, 0.15) is 0 Å². The number of rotatable bonds is 0. The van der Waals surface area contributed by atoms with Gasteiger partial charge in [-0.15, -0.1) is 5.10 Å². The van der Waals surface area contributed by atoms with Gasteiger partial charge in [-0.3, -0.25) is 0 Å². The molecule has 0 aliphatic heterocycles. The first-order chi connectivity index (χ1) is 7.70. The van der Waals surface area contributed by atoms with Crippen LogP contribution in [0.5, 0.6) is 0 Å². The summed E-state index contributed by atoms with van der Waals surface area (Å²) in [5.41, 5.74) is 3.40. The maximum absolute atomic E-state index is 13.2. The predicted octanol–water partition coefficient (Wildman–Crippen LogP) is 2.41. The number of aromatic nitrogens is 3. The maximum atomic E-state index is 13.2. The fourth-order valence-electron chi connectivity index (χ4n) is 3.19. The average Bonchev–Trinajstić information content (AvgIpc) is 2.81. The third-order valence-corrected chi connectivity index (χ3v) is 4.07. The lowest BCUT2D eigenvalue weighted by atomic mass is 10.0. The Labute approximate surface area is 92.3 Å². The first-order valence-electron chi connectivity index (χ1n) is 5.74. The molecule has 0 aromatic carbocycles. The van der Waals surface area contributed by atoms with Crippen LogP contribution < -0.4 is 0 Å². The first kappa shape index (κ1) is 8.67. The minimum atomic E-state index is -0.434. The maximum Gasteiger partial charge on any atom is 0.235 e. The largest absolute Gasteiger partial charge is 0.237 e.